The summed E-state index contributed by atoms with van der Waals surface area (Å²) < 4.78 is 0. The molecule has 0 bridgehead atoms. The molecule has 0 aliphatic heterocycles. The Morgan fingerprint density at radius 1 is 0.929 bits per heavy atom. The quantitative estimate of drug-likeness (QED) is 0.595. The Balaban J connectivity index is 1.65. The summed E-state index contributed by atoms with van der Waals surface area (Å²) >= 11 is 5.97. The topological polar surface area (TPSA) is 96.0 Å². The van der Waals surface area contributed by atoms with Crippen molar-refractivity contribution >= 4 is 46.4 Å². The number of hydrogen-bond acceptors (Lipinski definition) is 5. The number of amides is 2. The van der Waals surface area contributed by atoms with Gasteiger partial charge in [-0.15, -0.1) is 0 Å². The number of carbonyl (C=O) groups is 2. The van der Waals surface area contributed by atoms with Crippen molar-refractivity contribution in [1.82, 2.24) is 9.97 Å². The fraction of sp³-hybridized carbons (Fsp3) is 0.100. The number of nitrogens with zero attached hydrogens (tertiary/aromatic N) is 2. The zero-order valence-electron chi connectivity index (χ0n) is 15.3. The summed E-state index contributed by atoms with van der Waals surface area (Å²) in [6, 6.07) is 12.4. The van der Waals surface area contributed by atoms with Gasteiger partial charge in [0.25, 0.3) is 5.91 Å². The van der Waals surface area contributed by atoms with Crippen LogP contribution in [0.1, 0.15) is 22.8 Å². The van der Waals surface area contributed by atoms with Gasteiger partial charge in [0, 0.05) is 41.4 Å². The maximum atomic E-state index is 12.4. The summed E-state index contributed by atoms with van der Waals surface area (Å²) in [5.41, 5.74) is 3.31. The Bertz CT molecular complexity index is 1000. The predicted octanol–water partition coefficient (Wildman–Crippen LogP) is 4.39. The molecule has 3 aromatic rings. The zero-order valence-corrected chi connectivity index (χ0v) is 16.0. The van der Waals surface area contributed by atoms with Crippen molar-refractivity contribution < 1.29 is 9.59 Å². The van der Waals surface area contributed by atoms with Crippen LogP contribution in [0.3, 0.4) is 0 Å². The number of anilines is 4. The third-order valence-corrected chi connectivity index (χ3v) is 4.06. The van der Waals surface area contributed by atoms with Crippen LogP contribution < -0.4 is 16.0 Å². The first-order chi connectivity index (χ1) is 13.4. The molecule has 0 spiro atoms. The Morgan fingerprint density at radius 3 is 2.21 bits per heavy atom. The van der Waals surface area contributed by atoms with Crippen molar-refractivity contribution in [2.24, 2.45) is 0 Å². The minimum Gasteiger partial charge on any atom is -0.326 e. The van der Waals surface area contributed by atoms with Gasteiger partial charge >= 0.3 is 0 Å². The molecular formula is C20H18ClN5O2. The highest BCUT2D eigenvalue weighted by Gasteiger charge is 2.10. The van der Waals surface area contributed by atoms with Gasteiger partial charge in [0.05, 0.1) is 5.56 Å². The fourth-order valence-electron chi connectivity index (χ4n) is 2.40. The van der Waals surface area contributed by atoms with Crippen LogP contribution in [0.4, 0.5) is 23.0 Å². The molecule has 0 aliphatic rings. The number of aryl methyl sites for hydroxylation is 1. The molecule has 0 saturated carbocycles. The Hall–Kier alpha value is -3.45. The molecule has 1 heterocycles. The average Bonchev–Trinajstić information content (AvgIpc) is 2.66. The van der Waals surface area contributed by atoms with E-state index in [-0.39, 0.29) is 11.8 Å². The minimum absolute atomic E-state index is 0.133. The van der Waals surface area contributed by atoms with Gasteiger partial charge < -0.3 is 16.0 Å². The van der Waals surface area contributed by atoms with Crippen molar-refractivity contribution in [3.63, 3.8) is 0 Å². The Labute approximate surface area is 167 Å². The van der Waals surface area contributed by atoms with Crippen molar-refractivity contribution in [2.45, 2.75) is 13.8 Å². The van der Waals surface area contributed by atoms with Crippen LogP contribution in [0.15, 0.2) is 54.9 Å². The van der Waals surface area contributed by atoms with E-state index in [0.29, 0.717) is 27.9 Å². The molecule has 3 N–H and O–H groups in total. The molecule has 0 unspecified atom stereocenters. The largest absolute Gasteiger partial charge is 0.326 e. The van der Waals surface area contributed by atoms with Crippen molar-refractivity contribution in [2.75, 3.05) is 16.0 Å². The Morgan fingerprint density at radius 2 is 1.57 bits per heavy atom. The molecule has 8 heteroatoms. The van der Waals surface area contributed by atoms with E-state index in [2.05, 4.69) is 25.9 Å². The summed E-state index contributed by atoms with van der Waals surface area (Å²) in [6.45, 7) is 3.33. The second-order valence-electron chi connectivity index (χ2n) is 6.09. The molecule has 0 fully saturated rings. The molecule has 0 radical (unpaired) electrons. The van der Waals surface area contributed by atoms with Crippen LogP contribution in [0.25, 0.3) is 0 Å². The second kappa shape index (κ2) is 8.49. The SMILES string of the molecule is CC(=O)Nc1ccc(Nc2ncc(C(=O)Nc3cc(Cl)ccc3C)cn2)cc1. The van der Waals surface area contributed by atoms with Gasteiger partial charge in [-0.05, 0) is 48.9 Å². The molecule has 0 aliphatic carbocycles. The van der Waals surface area contributed by atoms with Gasteiger partial charge in [-0.1, -0.05) is 17.7 Å². The molecule has 0 saturated heterocycles. The van der Waals surface area contributed by atoms with E-state index in [1.54, 1.807) is 36.4 Å². The van der Waals surface area contributed by atoms with Crippen LogP contribution in [0.2, 0.25) is 5.02 Å². The molecule has 0 atom stereocenters. The fourth-order valence-corrected chi connectivity index (χ4v) is 2.57. The number of halogens is 1. The number of aromatic nitrogens is 2. The third-order valence-electron chi connectivity index (χ3n) is 3.82. The smallest absolute Gasteiger partial charge is 0.258 e. The molecule has 2 aromatic carbocycles. The van der Waals surface area contributed by atoms with Crippen LogP contribution in [0, 0.1) is 6.92 Å². The lowest BCUT2D eigenvalue weighted by Gasteiger charge is -2.09. The van der Waals surface area contributed by atoms with E-state index in [9.17, 15) is 9.59 Å². The molecule has 3 rings (SSSR count). The number of nitrogens with one attached hydrogen (secondary N) is 3. The van der Waals surface area contributed by atoms with E-state index in [1.807, 2.05) is 13.0 Å². The maximum absolute atomic E-state index is 12.4. The highest BCUT2D eigenvalue weighted by molar-refractivity contribution is 6.31. The number of rotatable bonds is 5. The summed E-state index contributed by atoms with van der Waals surface area (Å²) in [7, 11) is 0. The summed E-state index contributed by atoms with van der Waals surface area (Å²) in [5.74, 6) is -0.106. The van der Waals surface area contributed by atoms with Gasteiger partial charge in [0.2, 0.25) is 11.9 Å². The average molecular weight is 396 g/mol. The molecule has 142 valence electrons. The summed E-state index contributed by atoms with van der Waals surface area (Å²) in [4.78, 5) is 31.8. The van der Waals surface area contributed by atoms with Crippen LogP contribution in [-0.4, -0.2) is 21.8 Å². The lowest BCUT2D eigenvalue weighted by atomic mass is 10.2. The first-order valence-electron chi connectivity index (χ1n) is 8.45. The normalized spacial score (nSPS) is 10.2. The van der Waals surface area contributed by atoms with Crippen molar-refractivity contribution in [3.8, 4) is 0 Å². The first kappa shape index (κ1) is 19.3. The van der Waals surface area contributed by atoms with E-state index >= 15 is 0 Å². The van der Waals surface area contributed by atoms with Gasteiger partial charge in [-0.25, -0.2) is 9.97 Å². The third kappa shape index (κ3) is 5.05. The standard InChI is InChI=1S/C20H18ClN5O2/c1-12-3-4-15(21)9-18(12)26-19(28)14-10-22-20(23-11-14)25-17-7-5-16(6-8-17)24-13(2)27/h3-11H,1-2H3,(H,24,27)(H,26,28)(H,22,23,25). The van der Waals surface area contributed by atoms with Crippen molar-refractivity contribution in [3.05, 3.63) is 71.0 Å². The van der Waals surface area contributed by atoms with E-state index in [1.165, 1.54) is 19.3 Å². The van der Waals surface area contributed by atoms with Gasteiger partial charge in [-0.2, -0.15) is 0 Å². The minimum atomic E-state index is -0.323. The number of carbonyl (C=O) groups excluding carboxylic acids is 2. The first-order valence-corrected chi connectivity index (χ1v) is 8.83. The lowest BCUT2D eigenvalue weighted by Crippen LogP contribution is -2.14. The van der Waals surface area contributed by atoms with Crippen LogP contribution in [-0.2, 0) is 4.79 Å². The number of benzene rings is 2. The predicted molar refractivity (Wildman–Crippen MR) is 110 cm³/mol. The maximum Gasteiger partial charge on any atom is 0.258 e. The Kier molecular flexibility index (Phi) is 5.86. The molecule has 1 aromatic heterocycles. The summed E-state index contributed by atoms with van der Waals surface area (Å²) in [6.07, 6.45) is 2.88. The van der Waals surface area contributed by atoms with E-state index in [4.69, 9.17) is 11.6 Å². The molecule has 2 amide bonds. The van der Waals surface area contributed by atoms with Gasteiger partial charge in [-0.3, -0.25) is 9.59 Å². The molecular weight excluding hydrogens is 378 g/mol. The highest BCUT2D eigenvalue weighted by Crippen LogP contribution is 2.21. The van der Waals surface area contributed by atoms with E-state index < -0.39 is 0 Å². The second-order valence-corrected chi connectivity index (χ2v) is 6.53. The van der Waals surface area contributed by atoms with E-state index in [0.717, 1.165) is 11.3 Å². The molecule has 28 heavy (non-hydrogen) atoms. The van der Waals surface area contributed by atoms with Gasteiger partial charge in [0.15, 0.2) is 0 Å². The zero-order chi connectivity index (χ0) is 20.1. The summed E-state index contributed by atoms with van der Waals surface area (Å²) in [5, 5.41) is 9.07. The monoisotopic (exact) mass is 395 g/mol. The highest BCUT2D eigenvalue weighted by atomic mass is 35.5. The van der Waals surface area contributed by atoms with Crippen LogP contribution >= 0.6 is 11.6 Å². The van der Waals surface area contributed by atoms with Gasteiger partial charge in [0.1, 0.15) is 0 Å². The molecule has 7 nitrogen and oxygen atoms in total. The van der Waals surface area contributed by atoms with Crippen molar-refractivity contribution in [1.29, 1.82) is 0 Å². The number of hydrogen-bond donors (Lipinski definition) is 3. The van der Waals surface area contributed by atoms with Crippen LogP contribution in [0.5, 0.6) is 0 Å². The lowest BCUT2D eigenvalue weighted by molar-refractivity contribution is -0.114.